The van der Waals surface area contributed by atoms with Gasteiger partial charge in [0.1, 0.15) is 5.75 Å². The van der Waals surface area contributed by atoms with Crippen LogP contribution in [0.4, 0.5) is 0 Å². The minimum absolute atomic E-state index is 0.0893. The fourth-order valence-electron chi connectivity index (χ4n) is 2.69. The van der Waals surface area contributed by atoms with Crippen molar-refractivity contribution in [2.75, 3.05) is 19.7 Å². The van der Waals surface area contributed by atoms with Gasteiger partial charge in [0.2, 0.25) is 5.91 Å². The zero-order chi connectivity index (χ0) is 14.5. The molecule has 1 aliphatic heterocycles. The van der Waals surface area contributed by atoms with Gasteiger partial charge in [-0.15, -0.1) is 0 Å². The number of aryl methyl sites for hydroxylation is 1. The minimum atomic E-state index is 0.0893. The van der Waals surface area contributed by atoms with Gasteiger partial charge >= 0.3 is 0 Å². The van der Waals surface area contributed by atoms with Gasteiger partial charge < -0.3 is 9.64 Å². The van der Waals surface area contributed by atoms with E-state index in [0.29, 0.717) is 12.5 Å². The van der Waals surface area contributed by atoms with Crippen molar-refractivity contribution in [1.29, 1.82) is 0 Å². The van der Waals surface area contributed by atoms with Crippen LogP contribution in [-0.4, -0.2) is 30.5 Å². The van der Waals surface area contributed by atoms with Gasteiger partial charge in [-0.1, -0.05) is 26.0 Å². The third kappa shape index (κ3) is 3.99. The van der Waals surface area contributed by atoms with Crippen LogP contribution < -0.4 is 4.74 Å². The topological polar surface area (TPSA) is 29.5 Å². The van der Waals surface area contributed by atoms with Crippen LogP contribution in [0.5, 0.6) is 5.75 Å². The fourth-order valence-corrected chi connectivity index (χ4v) is 2.69. The number of likely N-dealkylation sites (tertiary alicyclic amines) is 1. The van der Waals surface area contributed by atoms with Crippen LogP contribution in [0.2, 0.25) is 0 Å². The number of piperidine rings is 1. The standard InChI is InChI=1S/C17H25NO2/c1-13(2)17(19)18-9-5-7-15(11-18)12-20-16-8-4-6-14(3)10-16/h4,6,8,10,13,15H,5,7,9,11-12H2,1-3H3. The number of amides is 1. The third-order valence-electron chi connectivity index (χ3n) is 3.80. The molecule has 1 atom stereocenters. The second-order valence-electron chi connectivity index (χ2n) is 6.07. The van der Waals surface area contributed by atoms with Crippen LogP contribution in [0.25, 0.3) is 0 Å². The highest BCUT2D eigenvalue weighted by Crippen LogP contribution is 2.20. The largest absolute Gasteiger partial charge is 0.493 e. The van der Waals surface area contributed by atoms with Gasteiger partial charge in [-0.2, -0.15) is 0 Å². The maximum Gasteiger partial charge on any atom is 0.225 e. The van der Waals surface area contributed by atoms with E-state index in [1.807, 2.05) is 30.9 Å². The predicted molar refractivity (Wildman–Crippen MR) is 80.8 cm³/mol. The van der Waals surface area contributed by atoms with E-state index in [1.54, 1.807) is 0 Å². The average molecular weight is 275 g/mol. The monoisotopic (exact) mass is 275 g/mol. The number of hydrogen-bond acceptors (Lipinski definition) is 2. The van der Waals surface area contributed by atoms with Crippen molar-refractivity contribution in [2.24, 2.45) is 11.8 Å². The van der Waals surface area contributed by atoms with Crippen molar-refractivity contribution in [2.45, 2.75) is 33.6 Å². The molecule has 0 spiro atoms. The highest BCUT2D eigenvalue weighted by Gasteiger charge is 2.25. The molecule has 1 fully saturated rings. The maximum absolute atomic E-state index is 12.0. The molecule has 1 heterocycles. The number of carbonyl (C=O) groups excluding carboxylic acids is 1. The molecular formula is C17H25NO2. The first kappa shape index (κ1) is 14.9. The van der Waals surface area contributed by atoms with Gasteiger partial charge in [0, 0.05) is 24.9 Å². The second kappa shape index (κ2) is 6.78. The summed E-state index contributed by atoms with van der Waals surface area (Å²) in [5, 5.41) is 0. The number of ether oxygens (including phenoxy) is 1. The molecule has 3 nitrogen and oxygen atoms in total. The Kier molecular flexibility index (Phi) is 5.05. The summed E-state index contributed by atoms with van der Waals surface area (Å²) >= 11 is 0. The lowest BCUT2D eigenvalue weighted by Gasteiger charge is -2.33. The van der Waals surface area contributed by atoms with Crippen LogP contribution in [-0.2, 0) is 4.79 Å². The Morgan fingerprint density at radius 2 is 2.25 bits per heavy atom. The first-order chi connectivity index (χ1) is 9.56. The summed E-state index contributed by atoms with van der Waals surface area (Å²) in [5.41, 5.74) is 1.21. The normalized spacial score (nSPS) is 19.2. The second-order valence-corrected chi connectivity index (χ2v) is 6.07. The summed E-state index contributed by atoms with van der Waals surface area (Å²) in [7, 11) is 0. The molecule has 0 aromatic heterocycles. The molecule has 1 saturated heterocycles. The zero-order valence-electron chi connectivity index (χ0n) is 12.8. The van der Waals surface area contributed by atoms with E-state index in [-0.39, 0.29) is 11.8 Å². The molecule has 2 rings (SSSR count). The van der Waals surface area contributed by atoms with Crippen LogP contribution >= 0.6 is 0 Å². The Labute approximate surface area is 121 Å². The summed E-state index contributed by atoms with van der Waals surface area (Å²) < 4.78 is 5.88. The Bertz CT molecular complexity index is 456. The number of carbonyl (C=O) groups is 1. The van der Waals surface area contributed by atoms with Gasteiger partial charge in [0.15, 0.2) is 0 Å². The maximum atomic E-state index is 12.0. The Morgan fingerprint density at radius 1 is 1.45 bits per heavy atom. The minimum Gasteiger partial charge on any atom is -0.493 e. The number of nitrogens with zero attached hydrogens (tertiary/aromatic N) is 1. The van der Waals surface area contributed by atoms with E-state index >= 15 is 0 Å². The quantitative estimate of drug-likeness (QED) is 0.844. The zero-order valence-corrected chi connectivity index (χ0v) is 12.8. The lowest BCUT2D eigenvalue weighted by Crippen LogP contribution is -2.43. The molecule has 1 amide bonds. The van der Waals surface area contributed by atoms with E-state index in [9.17, 15) is 4.79 Å². The molecule has 110 valence electrons. The van der Waals surface area contributed by atoms with Gasteiger partial charge in [-0.25, -0.2) is 0 Å². The summed E-state index contributed by atoms with van der Waals surface area (Å²) in [6, 6.07) is 8.13. The number of benzene rings is 1. The highest BCUT2D eigenvalue weighted by atomic mass is 16.5. The van der Waals surface area contributed by atoms with Crippen molar-refractivity contribution < 1.29 is 9.53 Å². The van der Waals surface area contributed by atoms with Gasteiger partial charge in [0.05, 0.1) is 6.61 Å². The van der Waals surface area contributed by atoms with Crippen LogP contribution in [0.3, 0.4) is 0 Å². The molecule has 0 N–H and O–H groups in total. The van der Waals surface area contributed by atoms with E-state index in [0.717, 1.165) is 31.7 Å². The summed E-state index contributed by atoms with van der Waals surface area (Å²) in [4.78, 5) is 14.0. The van der Waals surface area contributed by atoms with Crippen molar-refractivity contribution in [1.82, 2.24) is 4.90 Å². The van der Waals surface area contributed by atoms with Crippen LogP contribution in [0, 0.1) is 18.8 Å². The molecule has 3 heteroatoms. The molecule has 1 aliphatic rings. The Hall–Kier alpha value is -1.51. The summed E-state index contributed by atoms with van der Waals surface area (Å²) in [6.45, 7) is 8.44. The van der Waals surface area contributed by atoms with E-state index in [4.69, 9.17) is 4.74 Å². The van der Waals surface area contributed by atoms with Gasteiger partial charge in [0.25, 0.3) is 0 Å². The van der Waals surface area contributed by atoms with Gasteiger partial charge in [-0.3, -0.25) is 4.79 Å². The molecule has 1 unspecified atom stereocenters. The van der Waals surface area contributed by atoms with Crippen molar-refractivity contribution >= 4 is 5.91 Å². The number of hydrogen-bond donors (Lipinski definition) is 0. The van der Waals surface area contributed by atoms with E-state index in [1.165, 1.54) is 5.56 Å². The first-order valence-electron chi connectivity index (χ1n) is 7.54. The van der Waals surface area contributed by atoms with Crippen LogP contribution in [0.15, 0.2) is 24.3 Å². The van der Waals surface area contributed by atoms with Crippen molar-refractivity contribution in [3.8, 4) is 5.75 Å². The number of rotatable bonds is 4. The van der Waals surface area contributed by atoms with Crippen molar-refractivity contribution in [3.63, 3.8) is 0 Å². The average Bonchev–Trinajstić information content (AvgIpc) is 2.44. The molecule has 0 aliphatic carbocycles. The molecular weight excluding hydrogens is 250 g/mol. The predicted octanol–water partition coefficient (Wildman–Crippen LogP) is 3.27. The molecule has 0 radical (unpaired) electrons. The van der Waals surface area contributed by atoms with Gasteiger partial charge in [-0.05, 0) is 37.5 Å². The summed E-state index contributed by atoms with van der Waals surface area (Å²) in [6.07, 6.45) is 2.23. The van der Waals surface area contributed by atoms with Crippen LogP contribution in [0.1, 0.15) is 32.3 Å². The van der Waals surface area contributed by atoms with E-state index < -0.39 is 0 Å². The molecule has 0 bridgehead atoms. The third-order valence-corrected chi connectivity index (χ3v) is 3.80. The first-order valence-corrected chi connectivity index (χ1v) is 7.54. The molecule has 20 heavy (non-hydrogen) atoms. The van der Waals surface area contributed by atoms with E-state index in [2.05, 4.69) is 19.1 Å². The molecule has 1 aromatic carbocycles. The molecule has 0 saturated carbocycles. The Morgan fingerprint density at radius 3 is 2.95 bits per heavy atom. The lowest BCUT2D eigenvalue weighted by atomic mass is 9.98. The highest BCUT2D eigenvalue weighted by molar-refractivity contribution is 5.78. The SMILES string of the molecule is Cc1cccc(OCC2CCCN(C(=O)C(C)C)C2)c1. The summed E-state index contributed by atoms with van der Waals surface area (Å²) in [5.74, 6) is 1.74. The smallest absolute Gasteiger partial charge is 0.225 e. The Balaban J connectivity index is 1.85. The molecule has 1 aromatic rings. The van der Waals surface area contributed by atoms with Crippen molar-refractivity contribution in [3.05, 3.63) is 29.8 Å². The lowest BCUT2D eigenvalue weighted by molar-refractivity contribution is -0.136. The fraction of sp³-hybridized carbons (Fsp3) is 0.588.